The Morgan fingerprint density at radius 3 is 2.57 bits per heavy atom. The highest BCUT2D eigenvalue weighted by atomic mass is 35.5. The number of rotatable bonds is 6. The summed E-state index contributed by atoms with van der Waals surface area (Å²) in [4.78, 5) is 28.6. The molecule has 2 aromatic carbocycles. The number of likely N-dealkylation sites (tertiary alicyclic amines) is 1. The fraction of sp³-hybridized carbons (Fsp3) is 0.222. The van der Waals surface area contributed by atoms with Crippen LogP contribution >= 0.6 is 11.6 Å². The van der Waals surface area contributed by atoms with Gasteiger partial charge in [-0.05, 0) is 67.8 Å². The molecular weight excluding hydrogens is 462 g/mol. The van der Waals surface area contributed by atoms with E-state index in [9.17, 15) is 9.59 Å². The topological polar surface area (TPSA) is 72.2 Å². The van der Waals surface area contributed by atoms with Gasteiger partial charge in [-0.3, -0.25) is 14.3 Å². The molecule has 0 radical (unpaired) electrons. The van der Waals surface area contributed by atoms with E-state index in [0.717, 1.165) is 23.4 Å². The van der Waals surface area contributed by atoms with Crippen LogP contribution in [0.15, 0.2) is 79.1 Å². The fourth-order valence-electron chi connectivity index (χ4n) is 4.55. The average molecular weight is 488 g/mol. The minimum atomic E-state index is -0.542. The van der Waals surface area contributed by atoms with Crippen LogP contribution in [0.3, 0.4) is 0 Å². The van der Waals surface area contributed by atoms with Gasteiger partial charge in [0.1, 0.15) is 11.7 Å². The van der Waals surface area contributed by atoms with E-state index in [1.54, 1.807) is 15.6 Å². The number of nitrogens with one attached hydrogen (secondary N) is 1. The van der Waals surface area contributed by atoms with Gasteiger partial charge in [0.05, 0.1) is 23.6 Å². The Labute approximate surface area is 208 Å². The summed E-state index contributed by atoms with van der Waals surface area (Å²) < 4.78 is 3.65. The minimum absolute atomic E-state index is 0.184. The minimum Gasteiger partial charge on any atom is -0.325 e. The second kappa shape index (κ2) is 9.80. The monoisotopic (exact) mass is 487 g/mol. The number of para-hydroxylation sites is 2. The zero-order valence-corrected chi connectivity index (χ0v) is 20.2. The number of halogens is 1. The summed E-state index contributed by atoms with van der Waals surface area (Å²) >= 11 is 6.01. The fourth-order valence-corrected chi connectivity index (χ4v) is 4.67. The summed E-state index contributed by atoms with van der Waals surface area (Å²) in [5.74, 6) is -0.369. The SMILES string of the molecule is Cc1cc(C(=O)N2CCC[C@H]2C(=O)Nc2ccccc2-n2cccc2)n(Cc2ccc(Cl)cc2)n1. The first-order valence-corrected chi connectivity index (χ1v) is 12.0. The first-order valence-electron chi connectivity index (χ1n) is 11.6. The van der Waals surface area contributed by atoms with Crippen molar-refractivity contribution in [3.05, 3.63) is 101 Å². The van der Waals surface area contributed by atoms with Crippen LogP contribution in [0.5, 0.6) is 0 Å². The first kappa shape index (κ1) is 22.9. The quantitative estimate of drug-likeness (QED) is 0.419. The highest BCUT2D eigenvalue weighted by Gasteiger charge is 2.36. The Kier molecular flexibility index (Phi) is 6.42. The van der Waals surface area contributed by atoms with Gasteiger partial charge in [-0.15, -0.1) is 0 Å². The molecule has 2 amide bonds. The normalized spacial score (nSPS) is 15.4. The van der Waals surface area contributed by atoms with Crippen molar-refractivity contribution < 1.29 is 9.59 Å². The third kappa shape index (κ3) is 4.86. The van der Waals surface area contributed by atoms with Crippen LogP contribution in [0.1, 0.15) is 34.6 Å². The third-order valence-electron chi connectivity index (χ3n) is 6.23. The number of nitrogens with zero attached hydrogens (tertiary/aromatic N) is 4. The van der Waals surface area contributed by atoms with Gasteiger partial charge < -0.3 is 14.8 Å². The van der Waals surface area contributed by atoms with Crippen LogP contribution in [0, 0.1) is 6.92 Å². The van der Waals surface area contributed by atoms with Crippen molar-refractivity contribution in [1.29, 1.82) is 0 Å². The highest BCUT2D eigenvalue weighted by Crippen LogP contribution is 2.25. The third-order valence-corrected chi connectivity index (χ3v) is 6.48. The van der Waals surface area contributed by atoms with E-state index in [1.807, 2.05) is 84.5 Å². The molecule has 1 aliphatic rings. The predicted octanol–water partition coefficient (Wildman–Crippen LogP) is 4.93. The molecule has 1 fully saturated rings. The van der Waals surface area contributed by atoms with Gasteiger partial charge in [-0.1, -0.05) is 35.9 Å². The van der Waals surface area contributed by atoms with Crippen LogP contribution in [-0.4, -0.2) is 43.6 Å². The summed E-state index contributed by atoms with van der Waals surface area (Å²) in [6, 6.07) is 20.2. The van der Waals surface area contributed by atoms with Gasteiger partial charge >= 0.3 is 0 Å². The predicted molar refractivity (Wildman–Crippen MR) is 136 cm³/mol. The number of hydrogen-bond donors (Lipinski definition) is 1. The van der Waals surface area contributed by atoms with E-state index in [-0.39, 0.29) is 11.8 Å². The summed E-state index contributed by atoms with van der Waals surface area (Å²) in [6.07, 6.45) is 5.25. The molecule has 0 bridgehead atoms. The summed E-state index contributed by atoms with van der Waals surface area (Å²) in [5.41, 5.74) is 3.80. The molecule has 1 atom stereocenters. The van der Waals surface area contributed by atoms with Crippen LogP contribution in [-0.2, 0) is 11.3 Å². The van der Waals surface area contributed by atoms with E-state index < -0.39 is 6.04 Å². The molecule has 178 valence electrons. The van der Waals surface area contributed by atoms with Crippen LogP contribution < -0.4 is 5.32 Å². The van der Waals surface area contributed by atoms with Crippen molar-refractivity contribution >= 4 is 29.1 Å². The number of aryl methyl sites for hydroxylation is 1. The lowest BCUT2D eigenvalue weighted by Gasteiger charge is -2.25. The second-order valence-corrected chi connectivity index (χ2v) is 9.14. The van der Waals surface area contributed by atoms with Gasteiger partial charge in [0, 0.05) is 24.0 Å². The van der Waals surface area contributed by atoms with E-state index in [4.69, 9.17) is 11.6 Å². The van der Waals surface area contributed by atoms with E-state index >= 15 is 0 Å². The number of anilines is 1. The first-order chi connectivity index (χ1) is 17.0. The maximum Gasteiger partial charge on any atom is 0.272 e. The summed E-state index contributed by atoms with van der Waals surface area (Å²) in [7, 11) is 0. The standard InChI is InChI=1S/C27H26ClN5O2/c1-19-17-25(33(30-19)18-20-10-12-21(28)13-11-20)27(35)32-16-6-9-24(32)26(34)29-22-7-2-3-8-23(22)31-14-4-5-15-31/h2-5,7-8,10-15,17,24H,6,9,16,18H2,1H3,(H,29,34)/t24-/m0/s1. The summed E-state index contributed by atoms with van der Waals surface area (Å²) in [5, 5.41) is 8.24. The Hall–Kier alpha value is -3.84. The van der Waals surface area contributed by atoms with E-state index in [0.29, 0.717) is 35.9 Å². The van der Waals surface area contributed by atoms with Crippen molar-refractivity contribution in [1.82, 2.24) is 19.2 Å². The molecule has 3 heterocycles. The average Bonchev–Trinajstić information content (AvgIpc) is 3.62. The molecule has 0 spiro atoms. The molecule has 1 N–H and O–H groups in total. The molecule has 0 aliphatic carbocycles. The molecular formula is C27H26ClN5O2. The molecule has 8 heteroatoms. The maximum atomic E-state index is 13.6. The number of aromatic nitrogens is 3. The Balaban J connectivity index is 1.36. The van der Waals surface area contributed by atoms with Crippen LogP contribution in [0.25, 0.3) is 5.69 Å². The zero-order chi connectivity index (χ0) is 24.4. The number of carbonyl (C=O) groups is 2. The van der Waals surface area contributed by atoms with Crippen LogP contribution in [0.2, 0.25) is 5.02 Å². The van der Waals surface area contributed by atoms with E-state index in [1.165, 1.54) is 0 Å². The van der Waals surface area contributed by atoms with Crippen molar-refractivity contribution in [3.8, 4) is 5.69 Å². The molecule has 2 aromatic heterocycles. The molecule has 35 heavy (non-hydrogen) atoms. The Bertz CT molecular complexity index is 1340. The second-order valence-electron chi connectivity index (χ2n) is 8.71. The van der Waals surface area contributed by atoms with Gasteiger partial charge in [-0.25, -0.2) is 0 Å². The van der Waals surface area contributed by atoms with Gasteiger partial charge in [0.15, 0.2) is 0 Å². The molecule has 5 rings (SSSR count). The molecule has 0 unspecified atom stereocenters. The lowest BCUT2D eigenvalue weighted by molar-refractivity contribution is -0.119. The zero-order valence-electron chi connectivity index (χ0n) is 19.4. The van der Waals surface area contributed by atoms with Crippen molar-refractivity contribution in [3.63, 3.8) is 0 Å². The van der Waals surface area contributed by atoms with Gasteiger partial charge in [0.25, 0.3) is 5.91 Å². The number of hydrogen-bond acceptors (Lipinski definition) is 3. The molecule has 7 nitrogen and oxygen atoms in total. The van der Waals surface area contributed by atoms with Crippen molar-refractivity contribution in [2.24, 2.45) is 0 Å². The molecule has 1 aliphatic heterocycles. The molecule has 4 aromatic rings. The number of carbonyl (C=O) groups excluding carboxylic acids is 2. The molecule has 1 saturated heterocycles. The van der Waals surface area contributed by atoms with E-state index in [2.05, 4.69) is 10.4 Å². The maximum absolute atomic E-state index is 13.6. The van der Waals surface area contributed by atoms with Crippen molar-refractivity contribution in [2.75, 3.05) is 11.9 Å². The highest BCUT2D eigenvalue weighted by molar-refractivity contribution is 6.30. The lowest BCUT2D eigenvalue weighted by atomic mass is 10.1. The smallest absolute Gasteiger partial charge is 0.272 e. The van der Waals surface area contributed by atoms with Crippen LogP contribution in [0.4, 0.5) is 5.69 Å². The number of benzene rings is 2. The van der Waals surface area contributed by atoms with Crippen molar-refractivity contribution in [2.45, 2.75) is 32.4 Å². The van der Waals surface area contributed by atoms with Gasteiger partial charge in [0.2, 0.25) is 5.91 Å². The Morgan fingerprint density at radius 1 is 1.06 bits per heavy atom. The largest absolute Gasteiger partial charge is 0.325 e. The number of amides is 2. The lowest BCUT2D eigenvalue weighted by Crippen LogP contribution is -2.44. The summed E-state index contributed by atoms with van der Waals surface area (Å²) in [6.45, 7) is 2.84. The Morgan fingerprint density at radius 2 is 1.80 bits per heavy atom. The van der Waals surface area contributed by atoms with Gasteiger partial charge in [-0.2, -0.15) is 5.10 Å². The molecule has 0 saturated carbocycles.